The lowest BCUT2D eigenvalue weighted by Gasteiger charge is -2.08. The van der Waals surface area contributed by atoms with Crippen LogP contribution in [-0.4, -0.2) is 13.8 Å². The minimum Gasteiger partial charge on any atom is -0.496 e. The molecular weight excluding hydrogens is 186 g/mol. The number of rotatable bonds is 4. The normalized spacial score (nSPS) is 10.3. The summed E-state index contributed by atoms with van der Waals surface area (Å²) >= 11 is 0. The molecule has 2 heteroatoms. The summed E-state index contributed by atoms with van der Waals surface area (Å²) in [6.45, 7) is 9.22. The molecule has 78 valence electrons. The summed E-state index contributed by atoms with van der Waals surface area (Å²) in [5.74, 6) is 0.815. The topological polar surface area (TPSA) is 21.6 Å². The summed E-state index contributed by atoms with van der Waals surface area (Å²) < 4.78 is 5.28. The van der Waals surface area contributed by atoms with Crippen LogP contribution in [0.4, 0.5) is 5.69 Å². The second kappa shape index (κ2) is 5.15. The van der Waals surface area contributed by atoms with Crippen LogP contribution >= 0.6 is 0 Å². The Hall–Kier alpha value is -1.83. The second-order valence-corrected chi connectivity index (χ2v) is 3.02. The SMILES string of the molecule is C=Cc1cc(OC)c(/C=C/C)cc1N=C. The van der Waals surface area contributed by atoms with Gasteiger partial charge in [-0.3, -0.25) is 4.99 Å². The Balaban J connectivity index is 3.39. The Labute approximate surface area is 90.6 Å². The van der Waals surface area contributed by atoms with Gasteiger partial charge in [0.15, 0.2) is 0 Å². The lowest BCUT2D eigenvalue weighted by Crippen LogP contribution is -1.88. The number of methoxy groups -OCH3 is 1. The fourth-order valence-electron chi connectivity index (χ4n) is 1.39. The fourth-order valence-corrected chi connectivity index (χ4v) is 1.39. The van der Waals surface area contributed by atoms with Crippen LogP contribution in [0.3, 0.4) is 0 Å². The minimum atomic E-state index is 0.815. The zero-order chi connectivity index (χ0) is 11.3. The summed E-state index contributed by atoms with van der Waals surface area (Å²) in [5, 5.41) is 0. The predicted octanol–water partition coefficient (Wildman–Crippen LogP) is 3.70. The largest absolute Gasteiger partial charge is 0.496 e. The van der Waals surface area contributed by atoms with Gasteiger partial charge in [-0.25, -0.2) is 0 Å². The molecule has 0 spiro atoms. The molecule has 0 bridgehead atoms. The molecule has 0 heterocycles. The maximum Gasteiger partial charge on any atom is 0.126 e. The number of ether oxygens (including phenoxy) is 1. The second-order valence-electron chi connectivity index (χ2n) is 3.02. The Morgan fingerprint density at radius 1 is 1.33 bits per heavy atom. The molecule has 0 aliphatic rings. The van der Waals surface area contributed by atoms with Crippen molar-refractivity contribution in [1.29, 1.82) is 0 Å². The predicted molar refractivity (Wildman–Crippen MR) is 67.0 cm³/mol. The summed E-state index contributed by atoms with van der Waals surface area (Å²) in [5.41, 5.74) is 2.74. The highest BCUT2D eigenvalue weighted by atomic mass is 16.5. The molecular formula is C13H15NO. The molecule has 0 aromatic heterocycles. The lowest BCUT2D eigenvalue weighted by atomic mass is 10.1. The molecule has 1 aromatic carbocycles. The first kappa shape index (κ1) is 11.2. The van der Waals surface area contributed by atoms with Crippen molar-refractivity contribution in [3.05, 3.63) is 35.9 Å². The summed E-state index contributed by atoms with van der Waals surface area (Å²) in [6.07, 6.45) is 5.67. The molecule has 0 amide bonds. The molecule has 0 aliphatic heterocycles. The molecule has 1 aromatic rings. The maximum atomic E-state index is 5.28. The molecule has 0 aliphatic carbocycles. The summed E-state index contributed by atoms with van der Waals surface area (Å²) in [4.78, 5) is 3.95. The van der Waals surface area contributed by atoms with E-state index in [0.717, 1.165) is 22.6 Å². The van der Waals surface area contributed by atoms with Gasteiger partial charge in [0.1, 0.15) is 5.75 Å². The van der Waals surface area contributed by atoms with Crippen LogP contribution in [0.1, 0.15) is 18.1 Å². The Morgan fingerprint density at radius 3 is 2.53 bits per heavy atom. The smallest absolute Gasteiger partial charge is 0.126 e. The van der Waals surface area contributed by atoms with Crippen molar-refractivity contribution in [3.8, 4) is 5.75 Å². The number of hydrogen-bond acceptors (Lipinski definition) is 2. The molecule has 0 N–H and O–H groups in total. The van der Waals surface area contributed by atoms with Crippen LogP contribution in [-0.2, 0) is 0 Å². The number of allylic oxidation sites excluding steroid dienone is 1. The molecule has 0 atom stereocenters. The number of hydrogen-bond donors (Lipinski definition) is 0. The van der Waals surface area contributed by atoms with Gasteiger partial charge in [-0.2, -0.15) is 0 Å². The van der Waals surface area contributed by atoms with Crippen LogP contribution in [0, 0.1) is 0 Å². The standard InChI is InChI=1S/C13H15NO/c1-5-7-11-8-12(14-3)10(6-2)9-13(11)15-4/h5-9H,2-3H2,1,4H3/b7-5+. The average molecular weight is 201 g/mol. The van der Waals surface area contributed by atoms with Gasteiger partial charge in [0.2, 0.25) is 0 Å². The van der Waals surface area contributed by atoms with Crippen LogP contribution in [0.5, 0.6) is 5.75 Å². The van der Waals surface area contributed by atoms with Crippen LogP contribution in [0.2, 0.25) is 0 Å². The van der Waals surface area contributed by atoms with Crippen molar-refractivity contribution in [2.45, 2.75) is 6.92 Å². The first-order valence-corrected chi connectivity index (χ1v) is 4.70. The third-order valence-corrected chi connectivity index (χ3v) is 2.12. The van der Waals surface area contributed by atoms with Gasteiger partial charge < -0.3 is 4.74 Å². The highest BCUT2D eigenvalue weighted by Gasteiger charge is 2.05. The molecule has 15 heavy (non-hydrogen) atoms. The highest BCUT2D eigenvalue weighted by molar-refractivity contribution is 5.72. The van der Waals surface area contributed by atoms with Crippen molar-refractivity contribution in [2.75, 3.05) is 7.11 Å². The third-order valence-electron chi connectivity index (χ3n) is 2.12. The monoisotopic (exact) mass is 201 g/mol. The first-order chi connectivity index (χ1) is 7.26. The molecule has 0 radical (unpaired) electrons. The lowest BCUT2D eigenvalue weighted by molar-refractivity contribution is 0.414. The van der Waals surface area contributed by atoms with Crippen LogP contribution < -0.4 is 4.74 Å². The minimum absolute atomic E-state index is 0.815. The zero-order valence-corrected chi connectivity index (χ0v) is 9.16. The van der Waals surface area contributed by atoms with Crippen molar-refractivity contribution in [2.24, 2.45) is 4.99 Å². The Kier molecular flexibility index (Phi) is 3.86. The Morgan fingerprint density at radius 2 is 2.07 bits per heavy atom. The molecule has 2 nitrogen and oxygen atoms in total. The summed E-state index contributed by atoms with van der Waals surface area (Å²) in [7, 11) is 1.65. The number of nitrogens with zero attached hydrogens (tertiary/aromatic N) is 1. The van der Waals surface area contributed by atoms with E-state index in [0.29, 0.717) is 0 Å². The molecule has 0 saturated heterocycles. The quantitative estimate of drug-likeness (QED) is 0.680. The van der Waals surface area contributed by atoms with E-state index in [2.05, 4.69) is 18.3 Å². The highest BCUT2D eigenvalue weighted by Crippen LogP contribution is 2.30. The van der Waals surface area contributed by atoms with E-state index in [1.165, 1.54) is 0 Å². The first-order valence-electron chi connectivity index (χ1n) is 4.70. The van der Waals surface area contributed by atoms with E-state index in [9.17, 15) is 0 Å². The van der Waals surface area contributed by atoms with Crippen molar-refractivity contribution in [3.63, 3.8) is 0 Å². The van der Waals surface area contributed by atoms with Gasteiger partial charge in [-0.15, -0.1) is 0 Å². The molecule has 1 rings (SSSR count). The van der Waals surface area contributed by atoms with Gasteiger partial charge in [0.05, 0.1) is 12.8 Å². The van der Waals surface area contributed by atoms with Crippen molar-refractivity contribution in [1.82, 2.24) is 0 Å². The Bertz CT molecular complexity index is 405. The molecule has 0 fully saturated rings. The van der Waals surface area contributed by atoms with Crippen molar-refractivity contribution >= 4 is 24.6 Å². The van der Waals surface area contributed by atoms with E-state index >= 15 is 0 Å². The molecule has 0 saturated carbocycles. The van der Waals surface area contributed by atoms with E-state index < -0.39 is 0 Å². The van der Waals surface area contributed by atoms with Gasteiger partial charge in [-0.05, 0) is 25.8 Å². The van der Waals surface area contributed by atoms with Gasteiger partial charge >= 0.3 is 0 Å². The third kappa shape index (κ3) is 2.34. The van der Waals surface area contributed by atoms with Gasteiger partial charge in [0.25, 0.3) is 0 Å². The van der Waals surface area contributed by atoms with Crippen LogP contribution in [0.25, 0.3) is 12.2 Å². The number of aliphatic imine (C=N–C) groups is 1. The van der Waals surface area contributed by atoms with E-state index in [1.807, 2.05) is 31.2 Å². The molecule has 0 unspecified atom stereocenters. The van der Waals surface area contributed by atoms with E-state index in [4.69, 9.17) is 4.74 Å². The van der Waals surface area contributed by atoms with E-state index in [1.54, 1.807) is 13.2 Å². The van der Waals surface area contributed by atoms with Gasteiger partial charge in [0, 0.05) is 11.1 Å². The average Bonchev–Trinajstić information content (AvgIpc) is 2.28. The maximum absolute atomic E-state index is 5.28. The van der Waals surface area contributed by atoms with E-state index in [-0.39, 0.29) is 0 Å². The van der Waals surface area contributed by atoms with Crippen LogP contribution in [0.15, 0.2) is 29.8 Å². The zero-order valence-electron chi connectivity index (χ0n) is 9.16. The van der Waals surface area contributed by atoms with Gasteiger partial charge in [-0.1, -0.05) is 24.8 Å². The van der Waals surface area contributed by atoms with Crippen molar-refractivity contribution < 1.29 is 4.74 Å². The number of benzene rings is 1. The fraction of sp³-hybridized carbons (Fsp3) is 0.154. The summed E-state index contributed by atoms with van der Waals surface area (Å²) in [6, 6.07) is 3.84.